The summed E-state index contributed by atoms with van der Waals surface area (Å²) in [6.07, 6.45) is -1.54. The van der Waals surface area contributed by atoms with Gasteiger partial charge in [0.05, 0.1) is 24.9 Å². The Morgan fingerprint density at radius 1 is 1.19 bits per heavy atom. The monoisotopic (exact) mass is 466 g/mol. The predicted molar refractivity (Wildman–Crippen MR) is 104 cm³/mol. The van der Waals surface area contributed by atoms with Gasteiger partial charge in [0.2, 0.25) is 5.82 Å². The fourth-order valence-corrected chi connectivity index (χ4v) is 2.84. The molecule has 0 N–H and O–H groups in total. The van der Waals surface area contributed by atoms with Gasteiger partial charge in [-0.1, -0.05) is 46.2 Å². The van der Waals surface area contributed by atoms with Gasteiger partial charge >= 0.3 is 12.1 Å². The first-order chi connectivity index (χ1) is 15.3. The third kappa shape index (κ3) is 4.97. The van der Waals surface area contributed by atoms with E-state index in [4.69, 9.17) is 21.1 Å². The molecular formula is C19H14ClF3N6O3. The fourth-order valence-electron chi connectivity index (χ4n) is 2.69. The maximum absolute atomic E-state index is 12.6. The molecule has 3 heterocycles. The molecule has 0 saturated carbocycles. The maximum atomic E-state index is 12.6. The lowest BCUT2D eigenvalue weighted by Crippen LogP contribution is -2.04. The second kappa shape index (κ2) is 8.83. The van der Waals surface area contributed by atoms with Gasteiger partial charge in [-0.3, -0.25) is 0 Å². The first kappa shape index (κ1) is 21.6. The molecule has 32 heavy (non-hydrogen) atoms. The van der Waals surface area contributed by atoms with E-state index in [1.807, 2.05) is 0 Å². The van der Waals surface area contributed by atoms with Crippen LogP contribution in [0.2, 0.25) is 5.02 Å². The van der Waals surface area contributed by atoms with Gasteiger partial charge in [-0.15, -0.1) is 5.10 Å². The summed E-state index contributed by atoms with van der Waals surface area (Å²) in [5.74, 6) is -0.859. The second-order valence-electron chi connectivity index (χ2n) is 6.47. The lowest BCUT2D eigenvalue weighted by atomic mass is 10.1. The van der Waals surface area contributed by atoms with Crippen molar-refractivity contribution in [1.29, 1.82) is 0 Å². The molecule has 0 fully saturated rings. The van der Waals surface area contributed by atoms with Crippen molar-refractivity contribution in [2.45, 2.75) is 19.3 Å². The number of ether oxygens (including phenoxy) is 2. The quantitative estimate of drug-likeness (QED) is 0.402. The van der Waals surface area contributed by atoms with Crippen molar-refractivity contribution in [3.63, 3.8) is 0 Å². The molecule has 0 unspecified atom stereocenters. The lowest BCUT2D eigenvalue weighted by molar-refractivity contribution is -0.159. The molecule has 0 aliphatic heterocycles. The molecule has 0 bridgehead atoms. The van der Waals surface area contributed by atoms with Crippen LogP contribution >= 0.6 is 11.6 Å². The van der Waals surface area contributed by atoms with Gasteiger partial charge in [-0.25, -0.2) is 9.67 Å². The Bertz CT molecular complexity index is 1210. The van der Waals surface area contributed by atoms with Crippen LogP contribution in [0.1, 0.15) is 17.1 Å². The zero-order chi connectivity index (χ0) is 22.7. The summed E-state index contributed by atoms with van der Waals surface area (Å²) in [6, 6.07) is 8.22. The van der Waals surface area contributed by atoms with E-state index in [0.717, 1.165) is 5.56 Å². The molecule has 0 amide bonds. The highest BCUT2D eigenvalue weighted by atomic mass is 35.5. The van der Waals surface area contributed by atoms with Crippen molar-refractivity contribution in [2.75, 3.05) is 7.11 Å². The molecule has 4 rings (SSSR count). The van der Waals surface area contributed by atoms with Crippen LogP contribution in [0.4, 0.5) is 13.2 Å². The molecule has 0 aliphatic rings. The molecular weight excluding hydrogens is 453 g/mol. The molecule has 0 aliphatic carbocycles. The molecule has 9 nitrogen and oxygen atoms in total. The van der Waals surface area contributed by atoms with Crippen LogP contribution in [0.25, 0.3) is 11.4 Å². The largest absolute Gasteiger partial charge is 0.491 e. The van der Waals surface area contributed by atoms with E-state index < -0.39 is 12.1 Å². The van der Waals surface area contributed by atoms with Crippen molar-refractivity contribution in [1.82, 2.24) is 30.1 Å². The van der Waals surface area contributed by atoms with E-state index in [-0.39, 0.29) is 18.3 Å². The Morgan fingerprint density at radius 3 is 2.66 bits per heavy atom. The summed E-state index contributed by atoms with van der Waals surface area (Å²) >= 11 is 5.88. The van der Waals surface area contributed by atoms with Crippen LogP contribution in [0, 0.1) is 0 Å². The number of hydrogen-bond donors (Lipinski definition) is 0. The molecule has 1 aromatic carbocycles. The summed E-state index contributed by atoms with van der Waals surface area (Å²) < 4.78 is 54.4. The maximum Gasteiger partial charge on any atom is 0.471 e. The number of alkyl halides is 3. The van der Waals surface area contributed by atoms with E-state index in [9.17, 15) is 13.2 Å². The molecule has 13 heteroatoms. The number of aromatic nitrogens is 6. The van der Waals surface area contributed by atoms with Crippen LogP contribution in [-0.4, -0.2) is 37.2 Å². The summed E-state index contributed by atoms with van der Waals surface area (Å²) in [4.78, 5) is 7.44. The van der Waals surface area contributed by atoms with Crippen molar-refractivity contribution in [2.24, 2.45) is 0 Å². The van der Waals surface area contributed by atoms with E-state index in [1.54, 1.807) is 41.2 Å². The minimum atomic E-state index is -4.69. The minimum Gasteiger partial charge on any atom is -0.491 e. The molecule has 0 saturated heterocycles. The van der Waals surface area contributed by atoms with Gasteiger partial charge in [0.1, 0.15) is 12.3 Å². The Morgan fingerprint density at radius 2 is 1.97 bits per heavy atom. The summed E-state index contributed by atoms with van der Waals surface area (Å²) in [7, 11) is 1.48. The van der Waals surface area contributed by atoms with Crippen LogP contribution in [0.15, 0.2) is 47.2 Å². The first-order valence-corrected chi connectivity index (χ1v) is 9.41. The average molecular weight is 467 g/mol. The molecule has 3 aromatic heterocycles. The van der Waals surface area contributed by atoms with Gasteiger partial charge in [0.25, 0.3) is 5.88 Å². The smallest absolute Gasteiger partial charge is 0.471 e. The van der Waals surface area contributed by atoms with Crippen molar-refractivity contribution in [3.8, 4) is 23.0 Å². The third-order valence-electron chi connectivity index (χ3n) is 4.17. The van der Waals surface area contributed by atoms with Crippen molar-refractivity contribution < 1.29 is 27.2 Å². The topological polar surface area (TPSA) is 101 Å². The zero-order valence-electron chi connectivity index (χ0n) is 16.4. The third-order valence-corrected chi connectivity index (χ3v) is 4.38. The van der Waals surface area contributed by atoms with Crippen molar-refractivity contribution >= 4 is 11.6 Å². The van der Waals surface area contributed by atoms with Crippen LogP contribution in [-0.2, 0) is 19.3 Å². The van der Waals surface area contributed by atoms with E-state index >= 15 is 0 Å². The number of benzene rings is 1. The highest BCUT2D eigenvalue weighted by Gasteiger charge is 2.38. The molecule has 4 aromatic rings. The molecule has 0 spiro atoms. The number of nitrogens with zero attached hydrogens (tertiary/aromatic N) is 6. The standard InChI is InChI=1S/C19H14ClF3N6O3/c1-30-15-6-13(20)7-24-17(15)31-10-14-9-29(28-26-14)8-11-2-4-12(5-3-11)16-25-18(32-27-16)19(21,22)23/h2-7,9H,8,10H2,1H3. The van der Waals surface area contributed by atoms with E-state index in [0.29, 0.717) is 28.6 Å². The summed E-state index contributed by atoms with van der Waals surface area (Å²) in [5.41, 5.74) is 1.80. The highest BCUT2D eigenvalue weighted by molar-refractivity contribution is 6.30. The SMILES string of the molecule is COc1cc(Cl)cnc1OCc1cn(Cc2ccc(-c3noc(C(F)(F)F)n3)cc2)nn1. The molecule has 166 valence electrons. The van der Waals surface area contributed by atoms with Gasteiger partial charge in [-0.05, 0) is 5.56 Å². The number of hydrogen-bond acceptors (Lipinski definition) is 8. The van der Waals surface area contributed by atoms with Crippen LogP contribution in [0.3, 0.4) is 0 Å². The second-order valence-corrected chi connectivity index (χ2v) is 6.91. The Kier molecular flexibility index (Phi) is 5.95. The Balaban J connectivity index is 1.38. The van der Waals surface area contributed by atoms with E-state index in [2.05, 4.69) is 30.0 Å². The number of pyridine rings is 1. The number of halogens is 4. The minimum absolute atomic E-state index is 0.114. The normalized spacial score (nSPS) is 11.5. The lowest BCUT2D eigenvalue weighted by Gasteiger charge is -2.08. The number of rotatable bonds is 7. The summed E-state index contributed by atoms with van der Waals surface area (Å²) in [5, 5.41) is 11.9. The average Bonchev–Trinajstić information content (AvgIpc) is 3.43. The molecule has 0 radical (unpaired) electrons. The fraction of sp³-hybridized carbons (Fsp3) is 0.211. The molecule has 0 atom stereocenters. The predicted octanol–water partition coefficient (Wildman–Crippen LogP) is 4.03. The zero-order valence-corrected chi connectivity index (χ0v) is 17.1. The van der Waals surface area contributed by atoms with E-state index in [1.165, 1.54) is 13.3 Å². The van der Waals surface area contributed by atoms with Crippen molar-refractivity contribution in [3.05, 3.63) is 64.9 Å². The first-order valence-electron chi connectivity index (χ1n) is 9.03. The van der Waals surface area contributed by atoms with Crippen LogP contribution < -0.4 is 9.47 Å². The van der Waals surface area contributed by atoms with Gasteiger partial charge in [0.15, 0.2) is 5.75 Å². The van der Waals surface area contributed by atoms with Gasteiger partial charge < -0.3 is 14.0 Å². The number of methoxy groups -OCH3 is 1. The van der Waals surface area contributed by atoms with Gasteiger partial charge in [-0.2, -0.15) is 18.2 Å². The summed E-state index contributed by atoms with van der Waals surface area (Å²) in [6.45, 7) is 0.499. The Hall–Kier alpha value is -3.67. The van der Waals surface area contributed by atoms with Gasteiger partial charge in [0, 0.05) is 17.8 Å². The highest BCUT2D eigenvalue weighted by Crippen LogP contribution is 2.29. The Labute approximate surface area is 183 Å². The van der Waals surface area contributed by atoms with Crippen LogP contribution in [0.5, 0.6) is 11.6 Å².